The summed E-state index contributed by atoms with van der Waals surface area (Å²) in [5.74, 6) is 2.42. The molecule has 1 aromatic rings. The molecule has 1 atom stereocenters. The van der Waals surface area contributed by atoms with Crippen molar-refractivity contribution in [2.24, 2.45) is 0 Å². The largest absolute Gasteiger partial charge is 0.306 e. The second-order valence-corrected chi connectivity index (χ2v) is 5.18. The second-order valence-electron chi connectivity index (χ2n) is 4.03. The monoisotopic (exact) mass is 235 g/mol. The zero-order valence-corrected chi connectivity index (χ0v) is 10.1. The third-order valence-corrected chi connectivity index (χ3v) is 3.88. The van der Waals surface area contributed by atoms with Crippen LogP contribution in [0.4, 0.5) is 0 Å². The van der Waals surface area contributed by atoms with Crippen LogP contribution in [0.2, 0.25) is 0 Å². The third kappa shape index (κ3) is 3.35. The molecule has 1 fully saturated rings. The zero-order valence-electron chi connectivity index (χ0n) is 9.32. The summed E-state index contributed by atoms with van der Waals surface area (Å²) >= 11 is 1.87. The average molecular weight is 235 g/mol. The predicted molar refractivity (Wildman–Crippen MR) is 68.9 cm³/mol. The molecule has 1 aliphatic heterocycles. The van der Waals surface area contributed by atoms with Crippen LogP contribution < -0.4 is 5.32 Å². The Labute approximate surface area is 101 Å². The number of ketones is 1. The van der Waals surface area contributed by atoms with Crippen LogP contribution in [0.3, 0.4) is 0 Å². The fraction of sp³-hybridized carbons (Fsp3) is 0.462. The highest BCUT2D eigenvalue weighted by atomic mass is 32.2. The molecule has 86 valence electrons. The Balaban J connectivity index is 1.79. The Hall–Kier alpha value is -0.800. The van der Waals surface area contributed by atoms with Crippen molar-refractivity contribution in [1.82, 2.24) is 5.32 Å². The van der Waals surface area contributed by atoms with Gasteiger partial charge in [-0.3, -0.25) is 4.79 Å². The molecule has 0 saturated carbocycles. The van der Waals surface area contributed by atoms with Crippen LogP contribution in [0.5, 0.6) is 0 Å². The minimum atomic E-state index is 0.0856. The second kappa shape index (κ2) is 6.06. The minimum absolute atomic E-state index is 0.0856. The number of Topliss-reactive ketones (excluding diaryl/α,β-unsaturated/α-hetero) is 1. The molecule has 1 N–H and O–H groups in total. The van der Waals surface area contributed by atoms with Crippen molar-refractivity contribution < 1.29 is 4.79 Å². The summed E-state index contributed by atoms with van der Waals surface area (Å²) in [6, 6.07) is 10.3. The van der Waals surface area contributed by atoms with E-state index in [1.165, 1.54) is 5.56 Å². The van der Waals surface area contributed by atoms with Gasteiger partial charge in [0.2, 0.25) is 0 Å². The zero-order chi connectivity index (χ0) is 11.2. The van der Waals surface area contributed by atoms with Crippen LogP contribution in [0, 0.1) is 0 Å². The topological polar surface area (TPSA) is 29.1 Å². The Kier molecular flexibility index (Phi) is 4.43. The van der Waals surface area contributed by atoms with E-state index in [0.29, 0.717) is 12.2 Å². The van der Waals surface area contributed by atoms with Gasteiger partial charge < -0.3 is 5.32 Å². The molecule has 0 bridgehead atoms. The molecule has 1 unspecified atom stereocenters. The van der Waals surface area contributed by atoms with Gasteiger partial charge in [-0.15, -0.1) is 0 Å². The Morgan fingerprint density at radius 3 is 2.88 bits per heavy atom. The standard InChI is InChI=1S/C13H17NOS/c15-13(12-10-16-9-8-14-12)7-6-11-4-2-1-3-5-11/h1-5,12,14H,6-10H2. The van der Waals surface area contributed by atoms with Gasteiger partial charge in [-0.25, -0.2) is 0 Å². The fourth-order valence-electron chi connectivity index (χ4n) is 1.86. The number of rotatable bonds is 4. The molecule has 1 heterocycles. The lowest BCUT2D eigenvalue weighted by molar-refractivity contribution is -0.120. The molecule has 0 amide bonds. The van der Waals surface area contributed by atoms with Crippen molar-refractivity contribution in [3.63, 3.8) is 0 Å². The maximum atomic E-state index is 11.9. The van der Waals surface area contributed by atoms with E-state index in [4.69, 9.17) is 0 Å². The van der Waals surface area contributed by atoms with Gasteiger partial charge in [-0.1, -0.05) is 30.3 Å². The van der Waals surface area contributed by atoms with E-state index in [2.05, 4.69) is 17.4 Å². The Morgan fingerprint density at radius 1 is 1.38 bits per heavy atom. The van der Waals surface area contributed by atoms with E-state index in [-0.39, 0.29) is 6.04 Å². The maximum absolute atomic E-state index is 11.9. The summed E-state index contributed by atoms with van der Waals surface area (Å²) in [7, 11) is 0. The number of benzene rings is 1. The van der Waals surface area contributed by atoms with Gasteiger partial charge in [0.1, 0.15) is 0 Å². The number of hydrogen-bond acceptors (Lipinski definition) is 3. The van der Waals surface area contributed by atoms with Crippen molar-refractivity contribution in [1.29, 1.82) is 0 Å². The third-order valence-electron chi connectivity index (χ3n) is 2.81. The van der Waals surface area contributed by atoms with Crippen LogP contribution in [0.25, 0.3) is 0 Å². The lowest BCUT2D eigenvalue weighted by Gasteiger charge is -2.21. The van der Waals surface area contributed by atoms with E-state index < -0.39 is 0 Å². The Morgan fingerprint density at radius 2 is 2.19 bits per heavy atom. The van der Waals surface area contributed by atoms with E-state index in [1.54, 1.807) is 0 Å². The van der Waals surface area contributed by atoms with Crippen molar-refractivity contribution in [3.05, 3.63) is 35.9 Å². The molecular formula is C13H17NOS. The number of carbonyl (C=O) groups is 1. The molecule has 16 heavy (non-hydrogen) atoms. The van der Waals surface area contributed by atoms with Crippen LogP contribution in [-0.2, 0) is 11.2 Å². The Bertz CT molecular complexity index is 333. The SMILES string of the molecule is O=C(CCc1ccccc1)C1CSCCN1. The van der Waals surface area contributed by atoms with Gasteiger partial charge in [-0.2, -0.15) is 11.8 Å². The van der Waals surface area contributed by atoms with Gasteiger partial charge in [0.05, 0.1) is 6.04 Å². The van der Waals surface area contributed by atoms with Gasteiger partial charge >= 0.3 is 0 Å². The van der Waals surface area contributed by atoms with Gasteiger partial charge in [0.25, 0.3) is 0 Å². The van der Waals surface area contributed by atoms with Crippen LogP contribution in [0.15, 0.2) is 30.3 Å². The van der Waals surface area contributed by atoms with Gasteiger partial charge in [-0.05, 0) is 12.0 Å². The minimum Gasteiger partial charge on any atom is -0.306 e. The summed E-state index contributed by atoms with van der Waals surface area (Å²) in [4.78, 5) is 11.9. The van der Waals surface area contributed by atoms with Crippen LogP contribution >= 0.6 is 11.8 Å². The summed E-state index contributed by atoms with van der Waals surface area (Å²) in [5.41, 5.74) is 1.25. The average Bonchev–Trinajstić information content (AvgIpc) is 2.38. The van der Waals surface area contributed by atoms with E-state index in [1.807, 2.05) is 30.0 Å². The first kappa shape index (κ1) is 11.7. The number of hydrogen-bond donors (Lipinski definition) is 1. The molecule has 1 aromatic carbocycles. The summed E-state index contributed by atoms with van der Waals surface area (Å²) in [6.45, 7) is 0.965. The number of carbonyl (C=O) groups excluding carboxylic acids is 1. The number of nitrogens with one attached hydrogen (secondary N) is 1. The van der Waals surface area contributed by atoms with Crippen LogP contribution in [0.1, 0.15) is 12.0 Å². The summed E-state index contributed by atoms with van der Waals surface area (Å²) in [5, 5.41) is 3.28. The molecule has 0 aliphatic carbocycles. The molecule has 1 aliphatic rings. The van der Waals surface area contributed by atoms with Crippen molar-refractivity contribution in [3.8, 4) is 0 Å². The highest BCUT2D eigenvalue weighted by Crippen LogP contribution is 2.11. The first-order valence-electron chi connectivity index (χ1n) is 5.74. The maximum Gasteiger partial charge on any atom is 0.150 e. The lowest BCUT2D eigenvalue weighted by Crippen LogP contribution is -2.43. The summed E-state index contributed by atoms with van der Waals surface area (Å²) in [6.07, 6.45) is 1.52. The molecule has 1 saturated heterocycles. The molecule has 2 rings (SSSR count). The number of thioether (sulfide) groups is 1. The highest BCUT2D eigenvalue weighted by molar-refractivity contribution is 7.99. The molecule has 0 radical (unpaired) electrons. The van der Waals surface area contributed by atoms with E-state index in [9.17, 15) is 4.79 Å². The summed E-state index contributed by atoms with van der Waals surface area (Å²) < 4.78 is 0. The van der Waals surface area contributed by atoms with E-state index in [0.717, 1.165) is 24.5 Å². The molecule has 0 spiro atoms. The quantitative estimate of drug-likeness (QED) is 0.864. The predicted octanol–water partition coefficient (Wildman–Crippen LogP) is 1.89. The van der Waals surface area contributed by atoms with Crippen molar-refractivity contribution >= 4 is 17.5 Å². The first-order valence-corrected chi connectivity index (χ1v) is 6.89. The first-order chi connectivity index (χ1) is 7.86. The van der Waals surface area contributed by atoms with Gasteiger partial charge in [0, 0.05) is 24.5 Å². The van der Waals surface area contributed by atoms with Crippen LogP contribution in [-0.4, -0.2) is 29.9 Å². The normalized spacial score (nSPS) is 20.6. The molecule has 0 aromatic heterocycles. The highest BCUT2D eigenvalue weighted by Gasteiger charge is 2.19. The smallest absolute Gasteiger partial charge is 0.150 e. The number of aryl methyl sites for hydroxylation is 1. The van der Waals surface area contributed by atoms with Crippen molar-refractivity contribution in [2.45, 2.75) is 18.9 Å². The molecular weight excluding hydrogens is 218 g/mol. The lowest BCUT2D eigenvalue weighted by atomic mass is 10.0. The fourth-order valence-corrected chi connectivity index (χ4v) is 2.83. The molecule has 2 nitrogen and oxygen atoms in total. The van der Waals surface area contributed by atoms with Gasteiger partial charge in [0.15, 0.2) is 5.78 Å². The van der Waals surface area contributed by atoms with E-state index >= 15 is 0 Å². The molecule has 3 heteroatoms. The van der Waals surface area contributed by atoms with Crippen molar-refractivity contribution in [2.75, 3.05) is 18.1 Å².